The van der Waals surface area contributed by atoms with Gasteiger partial charge in [-0.15, -0.1) is 0 Å². The van der Waals surface area contributed by atoms with Crippen LogP contribution < -0.4 is 0 Å². The molecule has 3 fully saturated rings. The molecule has 0 radical (unpaired) electrons. The number of carbonyl (C=O) groups is 1. The van der Waals surface area contributed by atoms with Crippen molar-refractivity contribution in [3.05, 3.63) is 23.8 Å². The van der Waals surface area contributed by atoms with Gasteiger partial charge in [0.2, 0.25) is 0 Å². The Labute approximate surface area is 204 Å². The first-order valence-corrected chi connectivity index (χ1v) is 14.1. The molecular weight excluding hydrogens is 404 g/mol. The Balaban J connectivity index is 1.49. The van der Waals surface area contributed by atoms with E-state index in [1.54, 1.807) is 12.5 Å². The summed E-state index contributed by atoms with van der Waals surface area (Å²) in [5, 5.41) is 0. The normalized spacial score (nSPS) is 42.3. The van der Waals surface area contributed by atoms with Crippen molar-refractivity contribution >= 4 is 5.97 Å². The molecule has 4 aliphatic carbocycles. The number of esters is 1. The van der Waals surface area contributed by atoms with Gasteiger partial charge in [0.05, 0.1) is 0 Å². The molecule has 0 bridgehead atoms. The number of carbonyl (C=O) groups excluding carboxylic acids is 1. The zero-order valence-electron chi connectivity index (χ0n) is 22.5. The summed E-state index contributed by atoms with van der Waals surface area (Å²) >= 11 is 0. The van der Waals surface area contributed by atoms with Crippen molar-refractivity contribution in [3.8, 4) is 0 Å². The zero-order valence-corrected chi connectivity index (χ0v) is 22.5. The lowest BCUT2D eigenvalue weighted by Crippen LogP contribution is -2.51. The summed E-state index contributed by atoms with van der Waals surface area (Å²) in [6.07, 6.45) is 19.2. The van der Waals surface area contributed by atoms with Gasteiger partial charge in [-0.2, -0.15) is 0 Å². The Hall–Kier alpha value is -1.05. The number of hydrogen-bond acceptors (Lipinski definition) is 2. The topological polar surface area (TPSA) is 26.3 Å². The Bertz CT molecular complexity index is 778. The van der Waals surface area contributed by atoms with E-state index in [4.69, 9.17) is 4.74 Å². The van der Waals surface area contributed by atoms with Crippen molar-refractivity contribution in [1.29, 1.82) is 0 Å². The number of allylic oxidation sites excluding steroid dienone is 3. The molecule has 0 aromatic rings. The lowest BCUT2D eigenvalue weighted by atomic mass is 9.47. The summed E-state index contributed by atoms with van der Waals surface area (Å²) in [5.41, 5.74) is 2.44. The largest absolute Gasteiger partial charge is 0.462 e. The second kappa shape index (κ2) is 9.54. The van der Waals surface area contributed by atoms with Crippen LogP contribution in [0.4, 0.5) is 0 Å². The minimum Gasteiger partial charge on any atom is -0.462 e. The molecule has 2 heteroatoms. The summed E-state index contributed by atoms with van der Waals surface area (Å²) in [6.45, 7) is 16.3. The van der Waals surface area contributed by atoms with Crippen molar-refractivity contribution in [2.24, 2.45) is 52.3 Å². The third-order valence-electron chi connectivity index (χ3n) is 11.1. The van der Waals surface area contributed by atoms with E-state index >= 15 is 0 Å². The van der Waals surface area contributed by atoms with Crippen molar-refractivity contribution in [2.45, 2.75) is 112 Å². The van der Waals surface area contributed by atoms with Gasteiger partial charge in [0.1, 0.15) is 6.10 Å². The first kappa shape index (κ1) is 25.1. The molecule has 186 valence electrons. The Kier molecular flexibility index (Phi) is 7.24. The summed E-state index contributed by atoms with van der Waals surface area (Å²) in [5.74, 6) is 5.41. The van der Waals surface area contributed by atoms with E-state index in [1.807, 2.05) is 0 Å². The third kappa shape index (κ3) is 4.50. The van der Waals surface area contributed by atoms with E-state index < -0.39 is 0 Å². The highest BCUT2D eigenvalue weighted by Crippen LogP contribution is 2.67. The lowest BCUT2D eigenvalue weighted by Gasteiger charge is -2.58. The predicted octanol–water partition coefficient (Wildman–Crippen LogP) is 8.37. The molecule has 0 amide bonds. The monoisotopic (exact) mass is 454 g/mol. The molecule has 2 nitrogen and oxygen atoms in total. The van der Waals surface area contributed by atoms with Crippen molar-refractivity contribution in [2.75, 3.05) is 0 Å². The van der Waals surface area contributed by atoms with E-state index in [-0.39, 0.29) is 12.1 Å². The maximum atomic E-state index is 11.5. The van der Waals surface area contributed by atoms with Crippen molar-refractivity contribution < 1.29 is 9.53 Å². The quantitative estimate of drug-likeness (QED) is 0.297. The molecular formula is C31H50O2. The third-order valence-corrected chi connectivity index (χ3v) is 11.1. The van der Waals surface area contributed by atoms with Crippen LogP contribution >= 0.6 is 0 Å². The first-order valence-electron chi connectivity index (χ1n) is 14.1. The van der Waals surface area contributed by atoms with Crippen LogP contribution in [-0.4, -0.2) is 12.1 Å². The van der Waals surface area contributed by atoms with E-state index in [0.29, 0.717) is 16.7 Å². The van der Waals surface area contributed by atoms with Gasteiger partial charge in [0, 0.05) is 13.3 Å². The summed E-state index contributed by atoms with van der Waals surface area (Å²) in [6, 6.07) is 0. The highest BCUT2D eigenvalue weighted by molar-refractivity contribution is 5.66. The lowest BCUT2D eigenvalue weighted by molar-refractivity contribution is -0.148. The summed E-state index contributed by atoms with van der Waals surface area (Å²) < 4.78 is 5.62. The average molecular weight is 455 g/mol. The summed E-state index contributed by atoms with van der Waals surface area (Å²) in [7, 11) is 0. The maximum Gasteiger partial charge on any atom is 0.302 e. The maximum absolute atomic E-state index is 11.5. The minimum atomic E-state index is -0.120. The molecule has 3 saturated carbocycles. The molecule has 4 rings (SSSR count). The molecule has 0 saturated heterocycles. The smallest absolute Gasteiger partial charge is 0.302 e. The van der Waals surface area contributed by atoms with E-state index in [0.717, 1.165) is 48.3 Å². The molecule has 33 heavy (non-hydrogen) atoms. The van der Waals surface area contributed by atoms with Crippen LogP contribution in [-0.2, 0) is 9.53 Å². The fraction of sp³-hybridized carbons (Fsp3) is 0.839. The van der Waals surface area contributed by atoms with Crippen LogP contribution in [0.25, 0.3) is 0 Å². The predicted molar refractivity (Wildman–Crippen MR) is 138 cm³/mol. The van der Waals surface area contributed by atoms with Gasteiger partial charge >= 0.3 is 5.97 Å². The van der Waals surface area contributed by atoms with Gasteiger partial charge in [0.15, 0.2) is 0 Å². The van der Waals surface area contributed by atoms with Crippen LogP contribution in [0.5, 0.6) is 0 Å². The van der Waals surface area contributed by atoms with Gasteiger partial charge < -0.3 is 4.74 Å². The van der Waals surface area contributed by atoms with E-state index in [1.165, 1.54) is 44.9 Å². The van der Waals surface area contributed by atoms with Gasteiger partial charge in [-0.3, -0.25) is 4.79 Å². The zero-order chi connectivity index (χ0) is 24.0. The number of ether oxygens (including phenoxy) is 1. The van der Waals surface area contributed by atoms with Crippen LogP contribution in [0.15, 0.2) is 23.8 Å². The van der Waals surface area contributed by atoms with Crippen molar-refractivity contribution in [1.82, 2.24) is 0 Å². The second-order valence-corrected chi connectivity index (χ2v) is 13.0. The fourth-order valence-electron chi connectivity index (χ4n) is 9.15. The molecule has 0 heterocycles. The molecule has 4 aliphatic rings. The highest BCUT2D eigenvalue weighted by atomic mass is 16.5. The van der Waals surface area contributed by atoms with Crippen LogP contribution in [0, 0.1) is 52.3 Å². The van der Waals surface area contributed by atoms with E-state index in [9.17, 15) is 4.79 Å². The number of rotatable bonds is 6. The molecule has 0 aliphatic heterocycles. The standard InChI is InChI=1S/C31H50O2/c1-8-23(20(2)3)10-9-21(4)27-13-14-28-26-12-11-24-19-25(33-22(5)32)15-17-30(24,6)29(26)16-18-31(27,28)7/h9-11,20-21,23,25-29H,8,12-19H2,1-7H3/b10-9+/t21?,23?,25-,26-,27+,28-,29-,30-,31+/m0/s1. The summed E-state index contributed by atoms with van der Waals surface area (Å²) in [4.78, 5) is 11.5. The molecule has 0 spiro atoms. The first-order chi connectivity index (χ1) is 15.6. The Morgan fingerprint density at radius 2 is 1.85 bits per heavy atom. The van der Waals surface area contributed by atoms with Gasteiger partial charge in [0.25, 0.3) is 0 Å². The van der Waals surface area contributed by atoms with Gasteiger partial charge in [-0.25, -0.2) is 0 Å². The minimum absolute atomic E-state index is 0.105. The van der Waals surface area contributed by atoms with Crippen LogP contribution in [0.2, 0.25) is 0 Å². The fourth-order valence-corrected chi connectivity index (χ4v) is 9.15. The van der Waals surface area contributed by atoms with Gasteiger partial charge in [-0.05, 0) is 104 Å². The Morgan fingerprint density at radius 3 is 2.52 bits per heavy atom. The van der Waals surface area contributed by atoms with Gasteiger partial charge in [-0.1, -0.05) is 65.3 Å². The van der Waals surface area contributed by atoms with Crippen LogP contribution in [0.1, 0.15) is 106 Å². The Morgan fingerprint density at radius 1 is 1.09 bits per heavy atom. The number of fused-ring (bicyclic) bond motifs is 5. The molecule has 0 N–H and O–H groups in total. The van der Waals surface area contributed by atoms with E-state index in [2.05, 4.69) is 59.8 Å². The second-order valence-electron chi connectivity index (χ2n) is 13.0. The molecule has 9 atom stereocenters. The SMILES string of the molecule is CCC(/C=C/C(C)[C@H]1CC[C@H]2[C@@H]3CC=C4C[C@@H](OC(C)=O)CC[C@]4(C)[C@H]3CC[C@]12C)C(C)C. The molecule has 2 unspecified atom stereocenters. The van der Waals surface area contributed by atoms with Crippen LogP contribution in [0.3, 0.4) is 0 Å². The molecule has 0 aromatic carbocycles. The van der Waals surface area contributed by atoms with Crippen molar-refractivity contribution in [3.63, 3.8) is 0 Å². The highest BCUT2D eigenvalue weighted by Gasteiger charge is 2.59. The number of hydrogen-bond donors (Lipinski definition) is 0. The average Bonchev–Trinajstić information content (AvgIpc) is 3.11. The molecule has 0 aromatic heterocycles.